The molecule has 3 aromatic carbocycles. The number of hydrogen-bond acceptors (Lipinski definition) is 14. The van der Waals surface area contributed by atoms with Gasteiger partial charge in [-0.3, -0.25) is 24.1 Å². The van der Waals surface area contributed by atoms with Crippen LogP contribution in [0.15, 0.2) is 84.4 Å². The Morgan fingerprint density at radius 1 is 0.795 bits per heavy atom. The zero-order valence-electron chi connectivity index (χ0n) is 46.0. The molecule has 4 aliphatic heterocycles. The van der Waals surface area contributed by atoms with Crippen molar-refractivity contribution in [2.45, 2.75) is 148 Å². The van der Waals surface area contributed by atoms with Gasteiger partial charge in [0.05, 0.1) is 33.6 Å². The molecule has 78 heavy (non-hydrogen) atoms. The number of benzene rings is 3. The van der Waals surface area contributed by atoms with Crippen LogP contribution in [0.4, 0.5) is 22.9 Å². The van der Waals surface area contributed by atoms with Gasteiger partial charge in [-0.15, -0.1) is 21.5 Å². The Morgan fingerprint density at radius 3 is 2.17 bits per heavy atom. The molecule has 2 aromatic heterocycles. The van der Waals surface area contributed by atoms with Crippen LogP contribution in [-0.4, -0.2) is 135 Å². The molecule has 5 aromatic rings. The number of nitrogen functional groups attached to an aromatic ring is 2. The van der Waals surface area contributed by atoms with Gasteiger partial charge in [0.15, 0.2) is 5.82 Å². The number of likely N-dealkylation sites (tertiary alicyclic amines) is 1. The third kappa shape index (κ3) is 13.8. The van der Waals surface area contributed by atoms with Gasteiger partial charge in [-0.25, -0.2) is 4.98 Å². The van der Waals surface area contributed by atoms with Gasteiger partial charge in [0.2, 0.25) is 23.6 Å². The van der Waals surface area contributed by atoms with E-state index in [0.717, 1.165) is 136 Å². The normalized spacial score (nSPS) is 20.0. The molecule has 4 aliphatic rings. The molecule has 9 rings (SSSR count). The number of amides is 4. The molecule has 0 radical (unpaired) electrons. The summed E-state index contributed by atoms with van der Waals surface area (Å²) in [4.78, 5) is 70.4. The lowest BCUT2D eigenvalue weighted by atomic mass is 9.85. The van der Waals surface area contributed by atoms with Gasteiger partial charge in [0, 0.05) is 107 Å². The third-order valence-electron chi connectivity index (χ3n) is 16.2. The summed E-state index contributed by atoms with van der Waals surface area (Å²) in [6.45, 7) is 13.8. The summed E-state index contributed by atoms with van der Waals surface area (Å²) in [5, 5.41) is 25.3. The molecule has 4 fully saturated rings. The highest BCUT2D eigenvalue weighted by Crippen LogP contribution is 2.39. The number of β-amino-alcohol motifs (C(OH)–C–C–N with tert-alkyl or cyclic N) is 1. The number of carbonyl (C=O) groups excluding carboxylic acids is 4. The minimum absolute atomic E-state index is 0.0329. The summed E-state index contributed by atoms with van der Waals surface area (Å²) in [7, 11) is 0. The number of rotatable bonds is 21. The zero-order valence-corrected chi connectivity index (χ0v) is 46.9. The van der Waals surface area contributed by atoms with Crippen LogP contribution >= 0.6 is 11.3 Å². The highest BCUT2D eigenvalue weighted by molar-refractivity contribution is 7.13. The van der Waals surface area contributed by atoms with E-state index in [1.54, 1.807) is 11.3 Å². The van der Waals surface area contributed by atoms with Gasteiger partial charge in [-0.2, -0.15) is 0 Å². The van der Waals surface area contributed by atoms with Gasteiger partial charge in [-0.1, -0.05) is 107 Å². The molecule has 17 nitrogen and oxygen atoms in total. The number of aryl methyl sites for hydroxylation is 1. The number of piperazine rings is 2. The first-order chi connectivity index (χ1) is 37.6. The second kappa shape index (κ2) is 25.4. The van der Waals surface area contributed by atoms with E-state index >= 15 is 0 Å². The Balaban J connectivity index is 0.637. The summed E-state index contributed by atoms with van der Waals surface area (Å²) in [6.07, 6.45) is 8.99. The molecular formula is C60H80N12O5S. The van der Waals surface area contributed by atoms with Crippen molar-refractivity contribution in [3.8, 4) is 21.7 Å². The van der Waals surface area contributed by atoms with Crippen molar-refractivity contribution in [1.82, 2.24) is 40.5 Å². The quantitative estimate of drug-likeness (QED) is 0.0354. The van der Waals surface area contributed by atoms with E-state index in [2.05, 4.69) is 64.8 Å². The topological polar surface area (TPSA) is 219 Å². The first kappa shape index (κ1) is 56.1. The molecule has 0 saturated carbocycles. The van der Waals surface area contributed by atoms with Crippen LogP contribution in [0.3, 0.4) is 0 Å². The van der Waals surface area contributed by atoms with Crippen molar-refractivity contribution in [3.05, 3.63) is 101 Å². The van der Waals surface area contributed by atoms with E-state index in [1.807, 2.05) is 92.7 Å². The van der Waals surface area contributed by atoms with Crippen LogP contribution in [0, 0.1) is 12.3 Å². The number of anilines is 4. The maximum absolute atomic E-state index is 14.1. The van der Waals surface area contributed by atoms with E-state index in [9.17, 15) is 24.3 Å². The molecule has 3 unspecified atom stereocenters. The largest absolute Gasteiger partial charge is 0.398 e. The maximum atomic E-state index is 14.1. The molecule has 416 valence electrons. The lowest BCUT2D eigenvalue weighted by Gasteiger charge is -2.43. The number of fused-ring (bicyclic) bond motifs is 2. The first-order valence-corrected chi connectivity index (χ1v) is 29.1. The van der Waals surface area contributed by atoms with E-state index < -0.39 is 23.6 Å². The van der Waals surface area contributed by atoms with E-state index in [4.69, 9.17) is 11.5 Å². The van der Waals surface area contributed by atoms with Crippen molar-refractivity contribution < 1.29 is 24.3 Å². The Bertz CT molecular complexity index is 2850. The summed E-state index contributed by atoms with van der Waals surface area (Å²) in [5.41, 5.74) is 22.6. The molecule has 5 atom stereocenters. The number of aliphatic hydroxyl groups is 1. The Hall–Kier alpha value is -6.63. The lowest BCUT2D eigenvalue weighted by Crippen LogP contribution is -2.57. The molecule has 18 heteroatoms. The minimum atomic E-state index is -0.853. The van der Waals surface area contributed by atoms with Crippen molar-refractivity contribution in [3.63, 3.8) is 0 Å². The monoisotopic (exact) mass is 1080 g/mol. The molecule has 4 saturated heterocycles. The third-order valence-corrected chi connectivity index (χ3v) is 17.2. The van der Waals surface area contributed by atoms with Crippen LogP contribution in [0.5, 0.6) is 0 Å². The van der Waals surface area contributed by atoms with E-state index in [0.29, 0.717) is 42.9 Å². The first-order valence-electron chi connectivity index (χ1n) is 28.2. The number of unbranched alkanes of at least 4 members (excludes halogenated alkanes) is 6. The zero-order chi connectivity index (χ0) is 54.9. The van der Waals surface area contributed by atoms with Crippen molar-refractivity contribution >= 4 is 57.8 Å². The van der Waals surface area contributed by atoms with Crippen LogP contribution in [0.1, 0.15) is 115 Å². The summed E-state index contributed by atoms with van der Waals surface area (Å²) >= 11 is 1.59. The predicted octanol–water partition coefficient (Wildman–Crippen LogP) is 7.56. The Morgan fingerprint density at radius 2 is 1.49 bits per heavy atom. The van der Waals surface area contributed by atoms with Gasteiger partial charge >= 0.3 is 0 Å². The second-order valence-electron chi connectivity index (χ2n) is 23.0. The fourth-order valence-corrected chi connectivity index (χ4v) is 12.7. The van der Waals surface area contributed by atoms with E-state index in [-0.39, 0.29) is 43.1 Å². The lowest BCUT2D eigenvalue weighted by molar-refractivity contribution is -0.144. The number of hydrogen-bond donors (Lipinski definition) is 5. The molecular weight excluding hydrogens is 1000 g/mol. The fraction of sp³-hybridized carbons (Fsp3) is 0.517. The van der Waals surface area contributed by atoms with Crippen LogP contribution in [0.2, 0.25) is 0 Å². The average Bonchev–Trinajstić information content (AvgIpc) is 4.30. The van der Waals surface area contributed by atoms with Gasteiger partial charge in [-0.05, 0) is 79.0 Å². The molecule has 6 heterocycles. The van der Waals surface area contributed by atoms with Crippen molar-refractivity contribution in [2.24, 2.45) is 5.41 Å². The number of thiazole rings is 1. The summed E-state index contributed by atoms with van der Waals surface area (Å²) in [5.74, 6) is -0.200. The highest BCUT2D eigenvalue weighted by atomic mass is 32.1. The summed E-state index contributed by atoms with van der Waals surface area (Å²) < 4.78 is 0. The highest BCUT2D eigenvalue weighted by Gasteiger charge is 2.45. The number of nitrogens with one attached hydrogen (secondary N) is 2. The van der Waals surface area contributed by atoms with Gasteiger partial charge < -0.3 is 46.8 Å². The van der Waals surface area contributed by atoms with Gasteiger partial charge in [0.1, 0.15) is 12.1 Å². The molecule has 0 spiro atoms. The molecule has 0 aliphatic carbocycles. The number of nitrogens with two attached hydrogens (primary N) is 2. The number of aliphatic hydroxyl groups excluding tert-OH is 1. The minimum Gasteiger partial charge on any atom is -0.398 e. The molecule has 2 bridgehead atoms. The Labute approximate surface area is 464 Å². The standard InChI is InChI=1S/C60H80N12O5S/c1-40-55(78-39-64-40)43-23-21-41(22-24-43)34-63-58(76)52-32-47(73)38-71(52)59(77)56(60(2,3)4)65-53(74)19-10-8-6-5-7-9-11-20-54(75)69-29-27-68(28-30-69)35-42-15-14-16-44(31-42)72-45-25-26-46(72)37-70(36-45)51-33-50(66-67-57(51)62)48-17-12-13-18-49(48)61/h12-18,21-24,31,33,39,45-47,52,56,73H,5-11,19-20,25-30,32,34-38,61H2,1-4H3,(H2,62,67)(H,63,76)(H,65,74)/t45?,46?,47-,52+,56?/m1/s1. The van der Waals surface area contributed by atoms with Crippen LogP contribution < -0.4 is 31.9 Å². The number of carbonyl (C=O) groups is 4. The number of para-hydroxylation sites is 1. The van der Waals surface area contributed by atoms with Crippen LogP contribution in [-0.2, 0) is 32.3 Å². The average molecular weight is 1080 g/mol. The maximum Gasteiger partial charge on any atom is 0.246 e. The van der Waals surface area contributed by atoms with Crippen LogP contribution in [0.25, 0.3) is 21.7 Å². The SMILES string of the molecule is Cc1ncsc1-c1ccc(CNC(=O)[C@@H]2C[C@@H](O)CN2C(=O)C(NC(=O)CCCCCCCCCC(=O)N2CCN(Cc3cccc(N4C5CCC4CN(c4cc(-c6ccccc6N)nnc4N)C5)c3)CC2)C(C)(C)C)cc1. The number of aromatic nitrogens is 3. The fourth-order valence-electron chi connectivity index (χ4n) is 11.9. The molecule has 7 N–H and O–H groups in total. The predicted molar refractivity (Wildman–Crippen MR) is 309 cm³/mol. The number of nitrogens with zero attached hydrogens (tertiary/aromatic N) is 8. The summed E-state index contributed by atoms with van der Waals surface area (Å²) in [6, 6.07) is 25.8. The van der Waals surface area contributed by atoms with Gasteiger partial charge in [0.25, 0.3) is 0 Å². The van der Waals surface area contributed by atoms with E-state index in [1.165, 1.54) is 16.2 Å². The smallest absolute Gasteiger partial charge is 0.246 e. The van der Waals surface area contributed by atoms with Crippen molar-refractivity contribution in [2.75, 3.05) is 67.1 Å². The van der Waals surface area contributed by atoms with Crippen molar-refractivity contribution in [1.29, 1.82) is 0 Å². The molecule has 4 amide bonds. The second-order valence-corrected chi connectivity index (χ2v) is 23.9. The Kier molecular flexibility index (Phi) is 18.3.